The second-order valence-electron chi connectivity index (χ2n) is 6.99. The number of amides is 1. The predicted octanol–water partition coefficient (Wildman–Crippen LogP) is 2.06. The smallest absolute Gasteiger partial charge is 0.251 e. The number of aliphatic imine (C=N–C) groups is 1. The van der Waals surface area contributed by atoms with E-state index in [1.807, 2.05) is 19.1 Å². The molecule has 0 spiro atoms. The van der Waals surface area contributed by atoms with Gasteiger partial charge in [-0.05, 0) is 30.5 Å². The monoisotopic (exact) mass is 381 g/mol. The summed E-state index contributed by atoms with van der Waals surface area (Å²) in [6, 6.07) is 5.37. The third kappa shape index (κ3) is 4.36. The molecule has 2 atom stereocenters. The Balaban J connectivity index is 1.71. The van der Waals surface area contributed by atoms with E-state index in [0.29, 0.717) is 18.0 Å². The lowest BCUT2D eigenvalue weighted by Crippen LogP contribution is -2.27. The molecule has 2 heterocycles. The molecule has 8 heteroatoms. The number of rotatable bonds is 4. The second-order valence-corrected chi connectivity index (χ2v) is 10.4. The molecule has 0 aliphatic carbocycles. The van der Waals surface area contributed by atoms with Gasteiger partial charge in [0.05, 0.1) is 17.5 Å². The van der Waals surface area contributed by atoms with Gasteiger partial charge in [-0.1, -0.05) is 31.7 Å². The van der Waals surface area contributed by atoms with Gasteiger partial charge in [-0.15, -0.1) is 0 Å². The lowest BCUT2D eigenvalue weighted by molar-refractivity contribution is 0.0949. The van der Waals surface area contributed by atoms with Crippen molar-refractivity contribution < 1.29 is 13.2 Å². The highest BCUT2D eigenvalue weighted by Gasteiger charge is 2.42. The molecule has 1 saturated heterocycles. The number of aryl methyl sites for hydroxylation is 1. The number of anilines is 1. The first kappa shape index (κ1) is 18.3. The molecule has 0 radical (unpaired) electrons. The number of nitrogens with zero attached hydrogens (tertiary/aromatic N) is 1. The highest BCUT2D eigenvalue weighted by Crippen LogP contribution is 2.35. The second kappa shape index (κ2) is 6.99. The maximum absolute atomic E-state index is 12.2. The number of hydrogen-bond acceptors (Lipinski definition) is 6. The van der Waals surface area contributed by atoms with Gasteiger partial charge >= 0.3 is 0 Å². The van der Waals surface area contributed by atoms with E-state index in [0.717, 1.165) is 16.4 Å². The first-order valence-electron chi connectivity index (χ1n) is 8.34. The van der Waals surface area contributed by atoms with Crippen LogP contribution in [0.2, 0.25) is 0 Å². The van der Waals surface area contributed by atoms with Gasteiger partial charge in [0, 0.05) is 23.0 Å². The highest BCUT2D eigenvalue weighted by molar-refractivity contribution is 8.15. The first-order valence-corrected chi connectivity index (χ1v) is 11.0. The molecule has 0 saturated carbocycles. The van der Waals surface area contributed by atoms with Crippen LogP contribution in [0.4, 0.5) is 5.69 Å². The Morgan fingerprint density at radius 3 is 2.80 bits per heavy atom. The van der Waals surface area contributed by atoms with Crippen molar-refractivity contribution in [3.63, 3.8) is 0 Å². The van der Waals surface area contributed by atoms with Gasteiger partial charge in [-0.3, -0.25) is 9.79 Å². The molecule has 1 amide bonds. The van der Waals surface area contributed by atoms with E-state index in [1.54, 1.807) is 6.07 Å². The zero-order valence-corrected chi connectivity index (χ0v) is 16.2. The number of nitrogens with one attached hydrogen (secondary N) is 2. The predicted molar refractivity (Wildman–Crippen MR) is 103 cm³/mol. The summed E-state index contributed by atoms with van der Waals surface area (Å²) in [6.45, 7) is 6.70. The van der Waals surface area contributed by atoms with Crippen molar-refractivity contribution in [3.05, 3.63) is 29.3 Å². The van der Waals surface area contributed by atoms with Gasteiger partial charge in [0.1, 0.15) is 0 Å². The normalized spacial score (nSPS) is 24.1. The summed E-state index contributed by atoms with van der Waals surface area (Å²) in [6.07, 6.45) is 0. The van der Waals surface area contributed by atoms with Crippen LogP contribution in [0.15, 0.2) is 23.2 Å². The molecule has 2 aliphatic heterocycles. The molecular weight excluding hydrogens is 358 g/mol. The van der Waals surface area contributed by atoms with Gasteiger partial charge in [0.2, 0.25) is 0 Å². The minimum atomic E-state index is -2.95. The van der Waals surface area contributed by atoms with Gasteiger partial charge < -0.3 is 10.6 Å². The molecule has 1 aromatic carbocycles. The third-order valence-electron chi connectivity index (χ3n) is 4.23. The Kier molecular flexibility index (Phi) is 5.11. The van der Waals surface area contributed by atoms with Gasteiger partial charge in [0.15, 0.2) is 15.0 Å². The molecule has 2 N–H and O–H groups in total. The summed E-state index contributed by atoms with van der Waals surface area (Å²) in [5.74, 6) is 0.618. The molecular formula is C17H23N3O3S2. The molecule has 2 aliphatic rings. The molecule has 1 aromatic rings. The topological polar surface area (TPSA) is 87.6 Å². The van der Waals surface area contributed by atoms with Crippen LogP contribution in [0.5, 0.6) is 0 Å². The van der Waals surface area contributed by atoms with E-state index in [4.69, 9.17) is 0 Å². The third-order valence-corrected chi connectivity index (χ3v) is 7.37. The Bertz CT molecular complexity index is 818. The maximum atomic E-state index is 12.2. The number of fused-ring (bicyclic) bond motifs is 1. The molecule has 3 rings (SSSR count). The summed E-state index contributed by atoms with van der Waals surface area (Å²) < 4.78 is 23.3. The zero-order valence-electron chi connectivity index (χ0n) is 14.6. The summed E-state index contributed by atoms with van der Waals surface area (Å²) in [4.78, 5) is 16.7. The summed E-state index contributed by atoms with van der Waals surface area (Å²) in [5, 5.41) is 6.91. The maximum Gasteiger partial charge on any atom is 0.251 e. The number of amidine groups is 1. The number of carbonyl (C=O) groups is 1. The fraction of sp³-hybridized carbons (Fsp3) is 0.529. The van der Waals surface area contributed by atoms with E-state index in [2.05, 4.69) is 29.5 Å². The van der Waals surface area contributed by atoms with Crippen LogP contribution in [0.25, 0.3) is 0 Å². The lowest BCUT2D eigenvalue weighted by atomic mass is 10.1. The summed E-state index contributed by atoms with van der Waals surface area (Å²) in [5.41, 5.74) is 2.43. The zero-order chi connectivity index (χ0) is 18.2. The average Bonchev–Trinajstić information content (AvgIpc) is 2.99. The van der Waals surface area contributed by atoms with Crippen molar-refractivity contribution in [3.8, 4) is 0 Å². The number of hydrogen-bond donors (Lipinski definition) is 2. The standard InChI is InChI=1S/C17H23N3O3S2/c1-10(2)7-18-16(21)12-5-4-11(3)13(6-12)19-17-20-14-8-25(22,23)9-15(14)24-17/h4-6,10,14-15H,7-9H2,1-3H3,(H,18,21)(H,19,20)/t14-,15-/m1/s1. The van der Waals surface area contributed by atoms with E-state index in [1.165, 1.54) is 11.8 Å². The molecule has 0 aromatic heterocycles. The van der Waals surface area contributed by atoms with Gasteiger partial charge in [-0.2, -0.15) is 0 Å². The Morgan fingerprint density at radius 2 is 2.12 bits per heavy atom. The van der Waals surface area contributed by atoms with Gasteiger partial charge in [-0.25, -0.2) is 8.42 Å². The lowest BCUT2D eigenvalue weighted by Gasteiger charge is -2.12. The minimum absolute atomic E-state index is 0.00493. The fourth-order valence-electron chi connectivity index (χ4n) is 2.83. The van der Waals surface area contributed by atoms with Crippen molar-refractivity contribution in [2.75, 3.05) is 23.4 Å². The SMILES string of the molecule is Cc1ccc(C(=O)NCC(C)C)cc1NC1=N[C@@H]2CS(=O)(=O)C[C@H]2S1. The van der Waals surface area contributed by atoms with Crippen LogP contribution in [0.1, 0.15) is 29.8 Å². The van der Waals surface area contributed by atoms with Gasteiger partial charge in [0.25, 0.3) is 5.91 Å². The van der Waals surface area contributed by atoms with E-state index in [9.17, 15) is 13.2 Å². The van der Waals surface area contributed by atoms with Crippen LogP contribution in [-0.4, -0.2) is 48.8 Å². The summed E-state index contributed by atoms with van der Waals surface area (Å²) in [7, 11) is -2.95. The number of thioether (sulfide) groups is 1. The van der Waals surface area contributed by atoms with E-state index < -0.39 is 9.84 Å². The minimum Gasteiger partial charge on any atom is -0.352 e. The Hall–Kier alpha value is -1.54. The van der Waals surface area contributed by atoms with E-state index >= 15 is 0 Å². The Morgan fingerprint density at radius 1 is 1.36 bits per heavy atom. The van der Waals surface area contributed by atoms with E-state index in [-0.39, 0.29) is 28.7 Å². The van der Waals surface area contributed by atoms with Crippen LogP contribution >= 0.6 is 11.8 Å². The molecule has 136 valence electrons. The van der Waals surface area contributed by atoms with Crippen molar-refractivity contribution >= 4 is 38.4 Å². The van der Waals surface area contributed by atoms with Crippen LogP contribution < -0.4 is 10.6 Å². The van der Waals surface area contributed by atoms with Crippen LogP contribution in [0, 0.1) is 12.8 Å². The Labute approximate surface area is 152 Å². The van der Waals surface area contributed by atoms with Crippen molar-refractivity contribution in [1.29, 1.82) is 0 Å². The fourth-order valence-corrected chi connectivity index (χ4v) is 6.50. The highest BCUT2D eigenvalue weighted by atomic mass is 32.2. The molecule has 0 bridgehead atoms. The average molecular weight is 382 g/mol. The largest absolute Gasteiger partial charge is 0.352 e. The molecule has 1 fully saturated rings. The number of sulfone groups is 1. The number of carbonyl (C=O) groups excluding carboxylic acids is 1. The molecule has 0 unspecified atom stereocenters. The summed E-state index contributed by atoms with van der Waals surface area (Å²) >= 11 is 1.47. The van der Waals surface area contributed by atoms with Crippen LogP contribution in [0.3, 0.4) is 0 Å². The van der Waals surface area contributed by atoms with Crippen molar-refractivity contribution in [1.82, 2.24) is 5.32 Å². The van der Waals surface area contributed by atoms with Crippen LogP contribution in [-0.2, 0) is 9.84 Å². The molecule has 6 nitrogen and oxygen atoms in total. The van der Waals surface area contributed by atoms with Crippen molar-refractivity contribution in [2.45, 2.75) is 32.1 Å². The quantitative estimate of drug-likeness (QED) is 0.834. The number of benzene rings is 1. The van der Waals surface area contributed by atoms with Crippen molar-refractivity contribution in [2.24, 2.45) is 10.9 Å². The molecule has 25 heavy (non-hydrogen) atoms. The first-order chi connectivity index (χ1) is 11.7.